The summed E-state index contributed by atoms with van der Waals surface area (Å²) in [6.45, 7) is 9.35. The van der Waals surface area contributed by atoms with Crippen LogP contribution in [0.2, 0.25) is 5.02 Å². The lowest BCUT2D eigenvalue weighted by molar-refractivity contribution is -0.131. The molecule has 1 N–H and O–H groups in total. The zero-order valence-electron chi connectivity index (χ0n) is 29.2. The Kier molecular flexibility index (Phi) is 8.74. The first-order valence-electron chi connectivity index (χ1n) is 17.4. The van der Waals surface area contributed by atoms with Crippen molar-refractivity contribution in [3.63, 3.8) is 0 Å². The van der Waals surface area contributed by atoms with E-state index in [-0.39, 0.29) is 37.1 Å². The molecular formula is C39H39ClN8O2S2. The van der Waals surface area contributed by atoms with Crippen LogP contribution in [0.15, 0.2) is 65.8 Å². The number of nitrogens with one attached hydrogen (secondary N) is 1. The van der Waals surface area contributed by atoms with Gasteiger partial charge < -0.3 is 15.1 Å². The van der Waals surface area contributed by atoms with Crippen LogP contribution in [0.25, 0.3) is 16.1 Å². The van der Waals surface area contributed by atoms with E-state index in [2.05, 4.69) is 57.0 Å². The van der Waals surface area contributed by atoms with Crippen molar-refractivity contribution >= 4 is 65.5 Å². The maximum atomic E-state index is 14.2. The van der Waals surface area contributed by atoms with Gasteiger partial charge in [0.2, 0.25) is 11.8 Å². The molecule has 2 saturated heterocycles. The molecule has 1 spiro atoms. The summed E-state index contributed by atoms with van der Waals surface area (Å²) in [5.74, 6) is 2.54. The summed E-state index contributed by atoms with van der Waals surface area (Å²) in [6.07, 6.45) is 4.39. The minimum Gasteiger partial charge on any atom is -0.355 e. The number of fused-ring (bicyclic) bond motifs is 4. The topological polar surface area (TPSA) is 109 Å². The number of hydrogen-bond acceptors (Lipinski definition) is 8. The second-order valence-corrected chi connectivity index (χ2v) is 16.0. The minimum atomic E-state index is -0.491. The molecular weight excluding hydrogens is 712 g/mol. The minimum absolute atomic E-state index is 0. The predicted molar refractivity (Wildman–Crippen MR) is 211 cm³/mol. The van der Waals surface area contributed by atoms with Crippen molar-refractivity contribution in [3.05, 3.63) is 105 Å². The van der Waals surface area contributed by atoms with E-state index in [1.165, 1.54) is 10.4 Å². The number of carbonyl (C=O) groups excluding carboxylic acids is 2. The fourth-order valence-corrected chi connectivity index (χ4v) is 9.64. The number of hydrogen-bond donors (Lipinski definition) is 1. The third kappa shape index (κ3) is 5.81. The first kappa shape index (κ1) is 34.6. The van der Waals surface area contributed by atoms with E-state index >= 15 is 0 Å². The number of aliphatic imine (C=N–C) groups is 1. The highest BCUT2D eigenvalue weighted by Gasteiger charge is 2.46. The van der Waals surface area contributed by atoms with Gasteiger partial charge in [0, 0.05) is 70.1 Å². The SMILES string of the molecule is Cc1sc2c(c1C)C(c1ccc(Cl)cc1)=N[C@@H](CC(=O)N1CCC3(CCN(c4ncccc4-c4ccc5c(c4)CC(=O)N5)C3)C1)c1nnc(C)n1-2.S. The quantitative estimate of drug-likeness (QED) is 0.208. The maximum Gasteiger partial charge on any atom is 0.228 e. The van der Waals surface area contributed by atoms with Crippen molar-refractivity contribution in [3.8, 4) is 16.1 Å². The van der Waals surface area contributed by atoms with E-state index in [9.17, 15) is 9.59 Å². The fraction of sp³-hybridized carbons (Fsp3) is 0.333. The summed E-state index contributed by atoms with van der Waals surface area (Å²) in [5.41, 5.74) is 8.06. The van der Waals surface area contributed by atoms with Gasteiger partial charge in [0.1, 0.15) is 22.7 Å². The van der Waals surface area contributed by atoms with Gasteiger partial charge in [-0.25, -0.2) is 4.98 Å². The number of aromatic nitrogens is 4. The van der Waals surface area contributed by atoms with Crippen molar-refractivity contribution in [2.45, 2.75) is 52.5 Å². The summed E-state index contributed by atoms with van der Waals surface area (Å²) < 4.78 is 2.10. The lowest BCUT2D eigenvalue weighted by atomic mass is 9.86. The van der Waals surface area contributed by atoms with Gasteiger partial charge in [0.05, 0.1) is 18.6 Å². The van der Waals surface area contributed by atoms with E-state index in [0.717, 1.165) is 81.8 Å². The van der Waals surface area contributed by atoms with Crippen LogP contribution >= 0.6 is 36.4 Å². The molecule has 52 heavy (non-hydrogen) atoms. The highest BCUT2D eigenvalue weighted by Crippen LogP contribution is 2.44. The smallest absolute Gasteiger partial charge is 0.228 e. The molecule has 2 aromatic carbocycles. The molecule has 0 bridgehead atoms. The van der Waals surface area contributed by atoms with Gasteiger partial charge in [-0.2, -0.15) is 13.5 Å². The number of benzene rings is 2. The summed E-state index contributed by atoms with van der Waals surface area (Å²) in [5, 5.41) is 13.7. The molecule has 2 amide bonds. The van der Waals surface area contributed by atoms with E-state index in [0.29, 0.717) is 30.4 Å². The fourth-order valence-electron chi connectivity index (χ4n) is 8.30. The number of carbonyl (C=O) groups is 2. The molecule has 4 aliphatic heterocycles. The molecule has 2 fully saturated rings. The zero-order chi connectivity index (χ0) is 35.0. The molecule has 13 heteroatoms. The van der Waals surface area contributed by atoms with Crippen LogP contribution in [-0.4, -0.2) is 68.4 Å². The molecule has 2 atom stereocenters. The largest absolute Gasteiger partial charge is 0.355 e. The third-order valence-corrected chi connectivity index (χ3v) is 12.5. The number of halogens is 1. The first-order valence-corrected chi connectivity index (χ1v) is 18.6. The summed E-state index contributed by atoms with van der Waals surface area (Å²) >= 11 is 8.00. The Morgan fingerprint density at radius 2 is 1.81 bits per heavy atom. The predicted octanol–water partition coefficient (Wildman–Crippen LogP) is 6.99. The zero-order valence-corrected chi connectivity index (χ0v) is 31.8. The van der Waals surface area contributed by atoms with Gasteiger partial charge in [0.25, 0.3) is 0 Å². The average molecular weight is 751 g/mol. The average Bonchev–Trinajstić information content (AvgIpc) is 3.95. The van der Waals surface area contributed by atoms with Crippen LogP contribution in [0.3, 0.4) is 0 Å². The van der Waals surface area contributed by atoms with Crippen LogP contribution in [0.4, 0.5) is 11.5 Å². The second-order valence-electron chi connectivity index (χ2n) is 14.3. The van der Waals surface area contributed by atoms with E-state index in [1.54, 1.807) is 11.3 Å². The highest BCUT2D eigenvalue weighted by atomic mass is 35.5. The van der Waals surface area contributed by atoms with Crippen molar-refractivity contribution in [2.75, 3.05) is 36.4 Å². The van der Waals surface area contributed by atoms with Crippen molar-refractivity contribution < 1.29 is 9.59 Å². The molecule has 1 unspecified atom stereocenters. The van der Waals surface area contributed by atoms with E-state index in [1.807, 2.05) is 54.4 Å². The number of likely N-dealkylation sites (tertiary alicyclic amines) is 1. The Labute approximate surface area is 318 Å². The molecule has 4 aliphatic rings. The summed E-state index contributed by atoms with van der Waals surface area (Å²) in [4.78, 5) is 42.0. The molecule has 0 aliphatic carbocycles. The number of thiophene rings is 1. The molecule has 0 radical (unpaired) electrons. The van der Waals surface area contributed by atoms with Gasteiger partial charge in [0.15, 0.2) is 5.82 Å². The number of rotatable bonds is 5. The number of aryl methyl sites for hydroxylation is 2. The third-order valence-electron chi connectivity index (χ3n) is 11.1. The van der Waals surface area contributed by atoms with Crippen LogP contribution in [0.5, 0.6) is 0 Å². The van der Waals surface area contributed by atoms with Crippen LogP contribution in [-0.2, 0) is 16.0 Å². The Morgan fingerprint density at radius 3 is 2.63 bits per heavy atom. The summed E-state index contributed by atoms with van der Waals surface area (Å²) in [7, 11) is 0. The molecule has 9 rings (SSSR count). The van der Waals surface area contributed by atoms with Gasteiger partial charge >= 0.3 is 0 Å². The van der Waals surface area contributed by atoms with Crippen molar-refractivity contribution in [2.24, 2.45) is 10.4 Å². The van der Waals surface area contributed by atoms with Gasteiger partial charge in [-0.05, 0) is 86.7 Å². The maximum absolute atomic E-state index is 14.2. The Morgan fingerprint density at radius 1 is 1.02 bits per heavy atom. The van der Waals surface area contributed by atoms with E-state index in [4.69, 9.17) is 21.6 Å². The molecule has 0 saturated carbocycles. The molecule has 266 valence electrons. The van der Waals surface area contributed by atoms with E-state index < -0.39 is 6.04 Å². The lowest BCUT2D eigenvalue weighted by Gasteiger charge is -2.26. The first-order chi connectivity index (χ1) is 24.7. The van der Waals surface area contributed by atoms with Crippen LogP contribution in [0, 0.1) is 26.2 Å². The lowest BCUT2D eigenvalue weighted by Crippen LogP contribution is -2.35. The molecule has 3 aromatic heterocycles. The van der Waals surface area contributed by atoms with Gasteiger partial charge in [-0.1, -0.05) is 29.8 Å². The second kappa shape index (κ2) is 13.2. The highest BCUT2D eigenvalue weighted by molar-refractivity contribution is 7.59. The van der Waals surface area contributed by atoms with Crippen molar-refractivity contribution in [1.29, 1.82) is 0 Å². The monoisotopic (exact) mass is 750 g/mol. The van der Waals surface area contributed by atoms with Gasteiger partial charge in [-0.3, -0.25) is 19.1 Å². The summed E-state index contributed by atoms with van der Waals surface area (Å²) in [6, 6.07) is 17.5. The number of anilines is 2. The van der Waals surface area contributed by atoms with Crippen LogP contribution < -0.4 is 10.2 Å². The normalized spacial score (nSPS) is 20.3. The Bertz CT molecular complexity index is 2280. The standard InChI is InChI=1S/C39H37ClN8O2S.H2S/c1-22-23(2)51-38-34(22)35(25-6-9-28(40)10-7-25)43-31(37-45-44-24(3)48(37)38)19-33(50)46-15-12-39(20-46)13-16-47(21-39)36-29(5-4-14-41-36)26-8-11-30-27(17-26)18-32(49)42-30;/h4-11,14,17,31H,12-13,15-16,18-21H2,1-3H3,(H,42,49);1H2/t31-,39?;/m0./s1. The van der Waals surface area contributed by atoms with Gasteiger partial charge in [-0.15, -0.1) is 21.5 Å². The van der Waals surface area contributed by atoms with Crippen LogP contribution in [0.1, 0.15) is 64.1 Å². The number of pyridine rings is 1. The van der Waals surface area contributed by atoms with Crippen molar-refractivity contribution in [1.82, 2.24) is 24.6 Å². The number of amides is 2. The Balaban J connectivity index is 0.00000387. The Hall–Kier alpha value is -4.52. The number of nitrogens with zero attached hydrogens (tertiary/aromatic N) is 7. The molecule has 10 nitrogen and oxygen atoms in total. The molecule has 5 aromatic rings. The molecule has 7 heterocycles.